The Bertz CT molecular complexity index is 1070. The minimum absolute atomic E-state index is 0.0815. The third-order valence-electron chi connectivity index (χ3n) is 5.42. The van der Waals surface area contributed by atoms with Gasteiger partial charge in [-0.3, -0.25) is 19.7 Å². The fraction of sp³-hybridized carbons (Fsp3) is 0.409. The van der Waals surface area contributed by atoms with E-state index in [9.17, 15) is 19.2 Å². The Balaban J connectivity index is 1.99. The second-order valence-electron chi connectivity index (χ2n) is 7.73. The third-order valence-corrected chi connectivity index (χ3v) is 5.70. The fourth-order valence-electron chi connectivity index (χ4n) is 3.65. The molecule has 2 aromatic rings. The van der Waals surface area contributed by atoms with Crippen molar-refractivity contribution in [2.75, 3.05) is 37.9 Å². The van der Waals surface area contributed by atoms with Crippen LogP contribution in [0.3, 0.4) is 0 Å². The monoisotopic (exact) mass is 491 g/mol. The number of hydrogen-bond donors (Lipinski definition) is 3. The quantitative estimate of drug-likeness (QED) is 0.416. The number of H-pyrrole nitrogens is 1. The molecule has 0 radical (unpaired) electrons. The summed E-state index contributed by atoms with van der Waals surface area (Å²) in [5, 5.41) is 5.62. The molecule has 0 saturated carbocycles. The molecule has 3 N–H and O–H groups in total. The second kappa shape index (κ2) is 11.5. The van der Waals surface area contributed by atoms with Gasteiger partial charge < -0.3 is 24.7 Å². The van der Waals surface area contributed by atoms with Crippen molar-refractivity contribution in [3.05, 3.63) is 29.2 Å². The number of ether oxygens (including phenoxy) is 2. The van der Waals surface area contributed by atoms with Gasteiger partial charge in [0.1, 0.15) is 23.3 Å². The van der Waals surface area contributed by atoms with Gasteiger partial charge in [-0.1, -0.05) is 18.0 Å². The second-order valence-corrected chi connectivity index (χ2v) is 8.11. The molecule has 0 saturated heterocycles. The van der Waals surface area contributed by atoms with Crippen LogP contribution in [0.25, 0.3) is 11.3 Å². The van der Waals surface area contributed by atoms with Crippen LogP contribution in [0.15, 0.2) is 18.2 Å². The van der Waals surface area contributed by atoms with E-state index in [1.807, 2.05) is 0 Å². The number of rotatable bonds is 6. The van der Waals surface area contributed by atoms with Crippen molar-refractivity contribution in [3.8, 4) is 11.3 Å². The summed E-state index contributed by atoms with van der Waals surface area (Å²) in [4.78, 5) is 56.8. The molecule has 1 aromatic carbocycles. The minimum atomic E-state index is -0.650. The Labute approximate surface area is 201 Å². The van der Waals surface area contributed by atoms with Gasteiger partial charge in [0.15, 0.2) is 0 Å². The van der Waals surface area contributed by atoms with Gasteiger partial charge in [0, 0.05) is 24.7 Å². The molecule has 1 aromatic heterocycles. The molecular formula is C22H26ClN5O6. The van der Waals surface area contributed by atoms with E-state index in [2.05, 4.69) is 25.3 Å². The van der Waals surface area contributed by atoms with Crippen molar-refractivity contribution < 1.29 is 28.7 Å². The van der Waals surface area contributed by atoms with Crippen LogP contribution in [0.1, 0.15) is 37.4 Å². The summed E-state index contributed by atoms with van der Waals surface area (Å²) >= 11 is 6.48. The molecule has 0 spiro atoms. The van der Waals surface area contributed by atoms with E-state index in [0.29, 0.717) is 54.2 Å². The number of carbonyl (C=O) groups is 4. The summed E-state index contributed by atoms with van der Waals surface area (Å²) in [7, 11) is 2.87. The predicted octanol–water partition coefficient (Wildman–Crippen LogP) is 3.14. The number of imidazole rings is 1. The first-order valence-corrected chi connectivity index (χ1v) is 11.1. The molecule has 34 heavy (non-hydrogen) atoms. The van der Waals surface area contributed by atoms with Gasteiger partial charge in [-0.2, -0.15) is 0 Å². The van der Waals surface area contributed by atoms with Crippen molar-refractivity contribution >= 4 is 47.4 Å². The Morgan fingerprint density at radius 2 is 2.15 bits per heavy atom. The van der Waals surface area contributed by atoms with E-state index in [1.165, 1.54) is 12.0 Å². The number of nitrogens with one attached hydrogen (secondary N) is 3. The molecule has 2 heterocycles. The van der Waals surface area contributed by atoms with Gasteiger partial charge in [0.25, 0.3) is 6.47 Å². The van der Waals surface area contributed by atoms with Gasteiger partial charge in [0.2, 0.25) is 11.8 Å². The number of amides is 3. The third kappa shape index (κ3) is 6.04. The summed E-state index contributed by atoms with van der Waals surface area (Å²) in [5.41, 5.74) is 1.71. The molecule has 3 amide bonds. The zero-order chi connectivity index (χ0) is 24.7. The summed E-state index contributed by atoms with van der Waals surface area (Å²) in [6, 6.07) is 4.88. The number of nitrogens with zero attached hydrogens (tertiary/aromatic N) is 2. The predicted molar refractivity (Wildman–Crippen MR) is 125 cm³/mol. The normalized spacial score (nSPS) is 15.6. The van der Waals surface area contributed by atoms with Crippen LogP contribution < -0.4 is 10.6 Å². The van der Waals surface area contributed by atoms with Crippen LogP contribution in [0.5, 0.6) is 0 Å². The number of anilines is 2. The number of methoxy groups -OCH3 is 1. The lowest BCUT2D eigenvalue weighted by Crippen LogP contribution is -2.34. The molecule has 3 rings (SSSR count). The number of likely N-dealkylation sites (N-methyl/N-ethyl adjacent to an activating group) is 1. The Morgan fingerprint density at radius 3 is 2.88 bits per heavy atom. The van der Waals surface area contributed by atoms with Crippen molar-refractivity contribution in [3.63, 3.8) is 0 Å². The van der Waals surface area contributed by atoms with Crippen LogP contribution in [0.2, 0.25) is 5.15 Å². The van der Waals surface area contributed by atoms with Crippen molar-refractivity contribution in [2.24, 2.45) is 0 Å². The van der Waals surface area contributed by atoms with E-state index in [0.717, 1.165) is 0 Å². The first-order valence-electron chi connectivity index (χ1n) is 10.7. The van der Waals surface area contributed by atoms with Gasteiger partial charge in [-0.05, 0) is 31.0 Å². The van der Waals surface area contributed by atoms with Gasteiger partial charge >= 0.3 is 6.09 Å². The highest BCUT2D eigenvalue weighted by Gasteiger charge is 2.29. The van der Waals surface area contributed by atoms with Crippen LogP contribution in [0, 0.1) is 0 Å². The van der Waals surface area contributed by atoms with E-state index < -0.39 is 12.0 Å². The van der Waals surface area contributed by atoms with E-state index in [-0.39, 0.29) is 36.5 Å². The molecule has 1 aliphatic heterocycles. The summed E-state index contributed by atoms with van der Waals surface area (Å²) in [6.07, 6.45) is 1.23. The van der Waals surface area contributed by atoms with Gasteiger partial charge in [-0.15, -0.1) is 0 Å². The van der Waals surface area contributed by atoms with Crippen molar-refractivity contribution in [1.29, 1.82) is 0 Å². The molecule has 2 bridgehead atoms. The molecule has 0 fully saturated rings. The molecule has 1 atom stereocenters. The SMILES string of the molecule is COC(=O)Nc1ccc2c(c1)NC(=O)CCCCC(C(=O)N(C)CCOC=O)c1nc-2c(Cl)[nH]1. The van der Waals surface area contributed by atoms with Crippen molar-refractivity contribution in [2.45, 2.75) is 31.6 Å². The van der Waals surface area contributed by atoms with E-state index in [1.54, 1.807) is 25.2 Å². The maximum atomic E-state index is 13.2. The average Bonchev–Trinajstić information content (AvgIpc) is 3.19. The Morgan fingerprint density at radius 1 is 1.35 bits per heavy atom. The van der Waals surface area contributed by atoms with Crippen LogP contribution in [0.4, 0.5) is 16.2 Å². The number of hydrogen-bond acceptors (Lipinski definition) is 7. The molecule has 1 unspecified atom stereocenters. The number of aromatic amines is 1. The van der Waals surface area contributed by atoms with Gasteiger partial charge in [0.05, 0.1) is 25.3 Å². The maximum absolute atomic E-state index is 13.2. The summed E-state index contributed by atoms with van der Waals surface area (Å²) in [6.45, 7) is 0.649. The Hall–Kier alpha value is -3.60. The molecule has 182 valence electrons. The lowest BCUT2D eigenvalue weighted by atomic mass is 9.98. The van der Waals surface area contributed by atoms with Gasteiger partial charge in [-0.25, -0.2) is 9.78 Å². The standard InChI is InChI=1S/C22H26ClN5O6/c1-28(9-10-34-12-29)21(31)15-5-3-4-6-17(30)25-16-11-13(24-22(32)33-2)7-8-14(16)18-19(23)27-20(15)26-18/h7-8,11-12,15H,3-6,9-10H2,1-2H3,(H,24,32)(H,25,30)(H,26,27). The Kier molecular flexibility index (Phi) is 8.47. The topological polar surface area (TPSA) is 143 Å². The van der Waals surface area contributed by atoms with Crippen molar-refractivity contribution in [1.82, 2.24) is 14.9 Å². The molecule has 0 aliphatic carbocycles. The lowest BCUT2D eigenvalue weighted by molar-refractivity contribution is -0.135. The lowest BCUT2D eigenvalue weighted by Gasteiger charge is -2.22. The van der Waals surface area contributed by atoms with Crippen LogP contribution in [-0.2, 0) is 23.9 Å². The highest BCUT2D eigenvalue weighted by Crippen LogP contribution is 2.36. The average molecular weight is 492 g/mol. The van der Waals surface area contributed by atoms with Crippen LogP contribution in [-0.4, -0.2) is 66.6 Å². The summed E-state index contributed by atoms with van der Waals surface area (Å²) < 4.78 is 9.32. The molecule has 12 heteroatoms. The van der Waals surface area contributed by atoms with E-state index >= 15 is 0 Å². The zero-order valence-corrected chi connectivity index (χ0v) is 19.6. The van der Waals surface area contributed by atoms with Crippen LogP contribution >= 0.6 is 11.6 Å². The number of fused-ring (bicyclic) bond motifs is 4. The highest BCUT2D eigenvalue weighted by molar-refractivity contribution is 6.32. The fourth-order valence-corrected chi connectivity index (χ4v) is 3.89. The first kappa shape index (κ1) is 25.0. The molecule has 11 nitrogen and oxygen atoms in total. The number of carbonyl (C=O) groups excluding carboxylic acids is 4. The smallest absolute Gasteiger partial charge is 0.411 e. The largest absolute Gasteiger partial charge is 0.466 e. The zero-order valence-electron chi connectivity index (χ0n) is 18.9. The maximum Gasteiger partial charge on any atom is 0.411 e. The first-order chi connectivity index (χ1) is 16.3. The number of benzene rings is 1. The molecular weight excluding hydrogens is 466 g/mol. The number of aromatic nitrogens is 2. The van der Waals surface area contributed by atoms with E-state index in [4.69, 9.17) is 16.3 Å². The summed E-state index contributed by atoms with van der Waals surface area (Å²) in [5.74, 6) is -0.623. The molecule has 1 aliphatic rings. The minimum Gasteiger partial charge on any atom is -0.466 e. The number of halogens is 1. The highest BCUT2D eigenvalue weighted by atomic mass is 35.5.